The molecule has 0 saturated heterocycles. The molecule has 29 heavy (non-hydrogen) atoms. The minimum Gasteiger partial charge on any atom is -0.460 e. The van der Waals surface area contributed by atoms with Crippen LogP contribution in [-0.4, -0.2) is 10.9 Å². The number of fused-ring (bicyclic) bond motifs is 1. The van der Waals surface area contributed by atoms with Gasteiger partial charge in [-0.15, -0.1) is 0 Å². The predicted molar refractivity (Wildman–Crippen MR) is 101 cm³/mol. The average Bonchev–Trinajstić information content (AvgIpc) is 3.23. The number of hydrogen-bond donors (Lipinski definition) is 0. The van der Waals surface area contributed by atoms with Gasteiger partial charge in [-0.05, 0) is 18.2 Å². The van der Waals surface area contributed by atoms with E-state index < -0.39 is 23.0 Å². The Morgan fingerprint density at radius 1 is 1.24 bits per heavy atom. The molecule has 3 aromatic rings. The van der Waals surface area contributed by atoms with Crippen LogP contribution in [-0.2, 0) is 22.7 Å². The molecule has 2 heterocycles. The maximum absolute atomic E-state index is 14.0. The van der Waals surface area contributed by atoms with E-state index in [2.05, 4.69) is 0 Å². The normalized spacial score (nSPS) is 15.3. The monoisotopic (exact) mass is 415 g/mol. The van der Waals surface area contributed by atoms with Crippen molar-refractivity contribution in [2.75, 3.05) is 0 Å². The summed E-state index contributed by atoms with van der Waals surface area (Å²) >= 11 is 0.715. The van der Waals surface area contributed by atoms with Gasteiger partial charge < -0.3 is 14.2 Å². The zero-order valence-electron chi connectivity index (χ0n) is 14.9. The second-order valence-electron chi connectivity index (χ2n) is 6.20. The maximum atomic E-state index is 14.0. The second-order valence-corrected chi connectivity index (χ2v) is 7.26. The van der Waals surface area contributed by atoms with Gasteiger partial charge in [0.1, 0.15) is 23.1 Å². The first kappa shape index (κ1) is 19.0. The number of esters is 1. The second kappa shape index (κ2) is 7.98. The number of ether oxygens (including phenoxy) is 3. The number of hydrogen-bond acceptors (Lipinski definition) is 7. The SMILES string of the molecule is O=C(OCc1cc(F)cc2c1OC(c1ccccc1)OC2)c1ccc([N+](=O)[O-])s1. The van der Waals surface area contributed by atoms with Crippen LogP contribution in [0.4, 0.5) is 9.39 Å². The van der Waals surface area contributed by atoms with Crippen molar-refractivity contribution in [3.8, 4) is 5.75 Å². The van der Waals surface area contributed by atoms with Crippen molar-refractivity contribution >= 4 is 22.3 Å². The number of thiophene rings is 1. The minimum atomic E-state index is -0.729. The number of nitrogens with zero attached hydrogens (tertiary/aromatic N) is 1. The molecule has 1 aromatic heterocycles. The summed E-state index contributed by atoms with van der Waals surface area (Å²) in [4.78, 5) is 22.5. The highest BCUT2D eigenvalue weighted by Crippen LogP contribution is 2.37. The number of carbonyl (C=O) groups is 1. The molecule has 0 fully saturated rings. The van der Waals surface area contributed by atoms with Gasteiger partial charge in [0.25, 0.3) is 0 Å². The smallest absolute Gasteiger partial charge is 0.348 e. The third kappa shape index (κ3) is 4.10. The Kier molecular flexibility index (Phi) is 5.24. The molecule has 0 radical (unpaired) electrons. The molecule has 7 nitrogen and oxygen atoms in total. The summed E-state index contributed by atoms with van der Waals surface area (Å²) in [6.45, 7) is -0.100. The van der Waals surface area contributed by atoms with Gasteiger partial charge in [0, 0.05) is 22.8 Å². The predicted octanol–water partition coefficient (Wildman–Crippen LogP) is 4.76. The van der Waals surface area contributed by atoms with Crippen LogP contribution in [0.1, 0.15) is 32.7 Å². The van der Waals surface area contributed by atoms with Crippen molar-refractivity contribution in [1.82, 2.24) is 0 Å². The number of benzene rings is 2. The van der Waals surface area contributed by atoms with Crippen molar-refractivity contribution in [2.45, 2.75) is 19.5 Å². The van der Waals surface area contributed by atoms with E-state index >= 15 is 0 Å². The molecule has 148 valence electrons. The van der Waals surface area contributed by atoms with E-state index in [-0.39, 0.29) is 23.1 Å². The molecule has 4 rings (SSSR count). The topological polar surface area (TPSA) is 87.9 Å². The Hall–Kier alpha value is -3.30. The highest BCUT2D eigenvalue weighted by molar-refractivity contribution is 7.17. The molecule has 0 N–H and O–H groups in total. The average molecular weight is 415 g/mol. The quantitative estimate of drug-likeness (QED) is 0.339. The Morgan fingerprint density at radius 3 is 2.76 bits per heavy atom. The maximum Gasteiger partial charge on any atom is 0.348 e. The Balaban J connectivity index is 1.53. The van der Waals surface area contributed by atoms with E-state index in [1.165, 1.54) is 24.3 Å². The molecule has 1 aliphatic heterocycles. The van der Waals surface area contributed by atoms with Crippen molar-refractivity contribution in [3.63, 3.8) is 0 Å². The van der Waals surface area contributed by atoms with Gasteiger partial charge in [0.05, 0.1) is 11.5 Å². The number of carbonyl (C=O) groups excluding carboxylic acids is 1. The first-order chi connectivity index (χ1) is 14.0. The molecule has 0 spiro atoms. The fourth-order valence-corrected chi connectivity index (χ4v) is 3.62. The molecule has 0 bridgehead atoms. The molecular weight excluding hydrogens is 401 g/mol. The van der Waals surface area contributed by atoms with Crippen molar-refractivity contribution in [3.05, 3.63) is 92.1 Å². The lowest BCUT2D eigenvalue weighted by Crippen LogP contribution is -2.19. The zero-order valence-corrected chi connectivity index (χ0v) is 15.7. The summed E-state index contributed by atoms with van der Waals surface area (Å²) in [6, 6.07) is 14.4. The molecule has 2 aromatic carbocycles. The van der Waals surface area contributed by atoms with Gasteiger partial charge in [-0.25, -0.2) is 9.18 Å². The minimum absolute atomic E-state index is 0.0911. The van der Waals surface area contributed by atoms with Gasteiger partial charge in [-0.3, -0.25) is 10.1 Å². The van der Waals surface area contributed by atoms with Crippen LogP contribution in [0.5, 0.6) is 5.75 Å². The van der Waals surface area contributed by atoms with E-state index in [0.29, 0.717) is 28.2 Å². The van der Waals surface area contributed by atoms with Gasteiger partial charge >= 0.3 is 11.0 Å². The number of rotatable bonds is 5. The molecule has 0 saturated carbocycles. The summed E-state index contributed by atoms with van der Waals surface area (Å²) in [5.74, 6) is -0.837. The fraction of sp³-hybridized carbons (Fsp3) is 0.150. The van der Waals surface area contributed by atoms with E-state index in [1.54, 1.807) is 0 Å². The van der Waals surface area contributed by atoms with Crippen LogP contribution in [0.15, 0.2) is 54.6 Å². The fourth-order valence-electron chi connectivity index (χ4n) is 2.91. The molecule has 0 aliphatic carbocycles. The summed E-state index contributed by atoms with van der Waals surface area (Å²) in [5.41, 5.74) is 1.66. The molecule has 1 unspecified atom stereocenters. The molecular formula is C20H14FNO6S. The molecule has 9 heteroatoms. The number of nitro groups is 1. The summed E-state index contributed by atoms with van der Waals surface area (Å²) in [6.07, 6.45) is -0.663. The third-order valence-corrected chi connectivity index (χ3v) is 5.24. The lowest BCUT2D eigenvalue weighted by atomic mass is 10.1. The summed E-state index contributed by atoms with van der Waals surface area (Å²) in [5, 5.41) is 10.6. The van der Waals surface area contributed by atoms with Crippen molar-refractivity contribution in [2.24, 2.45) is 0 Å². The summed E-state index contributed by atoms with van der Waals surface area (Å²) < 4.78 is 30.8. The Bertz CT molecular complexity index is 1070. The Labute approximate surface area is 168 Å². The van der Waals surface area contributed by atoms with Gasteiger partial charge in [0.15, 0.2) is 0 Å². The molecule has 1 atom stereocenters. The molecule has 0 amide bonds. The van der Waals surface area contributed by atoms with Crippen LogP contribution < -0.4 is 4.74 Å². The van der Waals surface area contributed by atoms with Crippen LogP contribution in [0, 0.1) is 15.9 Å². The Morgan fingerprint density at radius 2 is 2.03 bits per heavy atom. The largest absolute Gasteiger partial charge is 0.460 e. The van der Waals surface area contributed by atoms with Gasteiger partial charge in [0.2, 0.25) is 6.29 Å². The van der Waals surface area contributed by atoms with E-state index in [0.717, 1.165) is 5.56 Å². The summed E-state index contributed by atoms with van der Waals surface area (Å²) in [7, 11) is 0. The van der Waals surface area contributed by atoms with Crippen LogP contribution >= 0.6 is 11.3 Å². The lowest BCUT2D eigenvalue weighted by molar-refractivity contribution is -0.380. The lowest BCUT2D eigenvalue weighted by Gasteiger charge is -2.28. The molecule has 1 aliphatic rings. The van der Waals surface area contributed by atoms with Crippen molar-refractivity contribution < 1.29 is 28.3 Å². The highest BCUT2D eigenvalue weighted by atomic mass is 32.1. The van der Waals surface area contributed by atoms with E-state index in [4.69, 9.17) is 14.2 Å². The van der Waals surface area contributed by atoms with Gasteiger partial charge in [-0.2, -0.15) is 0 Å². The highest BCUT2D eigenvalue weighted by Gasteiger charge is 2.26. The third-order valence-electron chi connectivity index (χ3n) is 4.23. The van der Waals surface area contributed by atoms with E-state index in [9.17, 15) is 19.3 Å². The first-order valence-corrected chi connectivity index (χ1v) is 9.39. The standard InChI is InChI=1S/C20H14FNO6S/c21-15-8-13(10-26-19(23)16-6-7-17(29-16)22(24)25)18-14(9-15)11-27-20(28-18)12-4-2-1-3-5-12/h1-9,20H,10-11H2. The van der Waals surface area contributed by atoms with Crippen LogP contribution in [0.3, 0.4) is 0 Å². The van der Waals surface area contributed by atoms with E-state index in [1.807, 2.05) is 30.3 Å². The van der Waals surface area contributed by atoms with Crippen molar-refractivity contribution in [1.29, 1.82) is 0 Å². The zero-order chi connectivity index (χ0) is 20.4. The van der Waals surface area contributed by atoms with Gasteiger partial charge in [-0.1, -0.05) is 41.7 Å². The number of halogens is 1. The van der Waals surface area contributed by atoms with Crippen LogP contribution in [0.2, 0.25) is 0 Å². The first-order valence-electron chi connectivity index (χ1n) is 8.57. The van der Waals surface area contributed by atoms with Crippen LogP contribution in [0.25, 0.3) is 0 Å².